The van der Waals surface area contributed by atoms with Crippen LogP contribution >= 0.6 is 0 Å². The van der Waals surface area contributed by atoms with Crippen LogP contribution in [0.2, 0.25) is 6.04 Å². The standard InChI is InChI=1S/C4H11N3O3Si/c1-10-11(8,9)4-2-3-6-7-5/h8-9H,2-4H2,1H3. The summed E-state index contributed by atoms with van der Waals surface area (Å²) in [6.07, 6.45) is 0.442. The van der Waals surface area contributed by atoms with E-state index in [1.807, 2.05) is 0 Å². The zero-order valence-electron chi connectivity index (χ0n) is 6.27. The van der Waals surface area contributed by atoms with Crippen LogP contribution in [0.3, 0.4) is 0 Å². The van der Waals surface area contributed by atoms with Gasteiger partial charge in [-0.25, -0.2) is 0 Å². The maximum Gasteiger partial charge on any atom is 0.495 e. The van der Waals surface area contributed by atoms with E-state index < -0.39 is 8.80 Å². The van der Waals surface area contributed by atoms with Gasteiger partial charge in [0.15, 0.2) is 0 Å². The Morgan fingerprint density at radius 3 is 2.73 bits per heavy atom. The van der Waals surface area contributed by atoms with Gasteiger partial charge in [0, 0.05) is 24.6 Å². The van der Waals surface area contributed by atoms with Gasteiger partial charge in [-0.1, -0.05) is 5.11 Å². The highest BCUT2D eigenvalue weighted by molar-refractivity contribution is 6.57. The lowest BCUT2D eigenvalue weighted by atomic mass is 10.5. The molecule has 0 radical (unpaired) electrons. The van der Waals surface area contributed by atoms with E-state index >= 15 is 0 Å². The zero-order chi connectivity index (χ0) is 8.74. The topological polar surface area (TPSA) is 98.5 Å². The van der Waals surface area contributed by atoms with Crippen molar-refractivity contribution in [1.29, 1.82) is 0 Å². The normalized spacial score (nSPS) is 10.8. The predicted molar refractivity (Wildman–Crippen MR) is 40.6 cm³/mol. The smallest absolute Gasteiger partial charge is 0.390 e. The van der Waals surface area contributed by atoms with Gasteiger partial charge in [0.2, 0.25) is 0 Å². The third-order valence-corrected chi connectivity index (χ3v) is 2.81. The summed E-state index contributed by atoms with van der Waals surface area (Å²) >= 11 is 0. The van der Waals surface area contributed by atoms with Gasteiger partial charge in [0.05, 0.1) is 0 Å². The van der Waals surface area contributed by atoms with Gasteiger partial charge in [0.1, 0.15) is 0 Å². The fourth-order valence-corrected chi connectivity index (χ4v) is 1.35. The Kier molecular flexibility index (Phi) is 4.83. The molecule has 0 aromatic carbocycles. The lowest BCUT2D eigenvalue weighted by Gasteiger charge is -2.12. The second kappa shape index (κ2) is 5.11. The van der Waals surface area contributed by atoms with Gasteiger partial charge in [-0.3, -0.25) is 0 Å². The Bertz CT molecular complexity index is 157. The van der Waals surface area contributed by atoms with Crippen LogP contribution in [0, 0.1) is 0 Å². The molecule has 0 bridgehead atoms. The molecule has 0 atom stereocenters. The second-order valence-corrected chi connectivity index (χ2v) is 4.40. The number of hydrogen-bond donors (Lipinski definition) is 2. The molecule has 0 unspecified atom stereocenters. The lowest BCUT2D eigenvalue weighted by molar-refractivity contribution is 0.184. The molecule has 6 nitrogen and oxygen atoms in total. The summed E-state index contributed by atoms with van der Waals surface area (Å²) < 4.78 is 4.43. The van der Waals surface area contributed by atoms with Crippen LogP contribution in [0.4, 0.5) is 0 Å². The Hall–Kier alpha value is -0.593. The van der Waals surface area contributed by atoms with Crippen molar-refractivity contribution in [2.45, 2.75) is 12.5 Å². The van der Waals surface area contributed by atoms with Gasteiger partial charge in [-0.15, -0.1) is 0 Å². The van der Waals surface area contributed by atoms with Gasteiger partial charge < -0.3 is 14.0 Å². The monoisotopic (exact) mass is 177 g/mol. The highest BCUT2D eigenvalue weighted by atomic mass is 28.4. The van der Waals surface area contributed by atoms with Crippen molar-refractivity contribution < 1.29 is 14.0 Å². The molecule has 0 aliphatic carbocycles. The van der Waals surface area contributed by atoms with Crippen molar-refractivity contribution in [3.05, 3.63) is 10.4 Å². The molecule has 2 N–H and O–H groups in total. The highest BCUT2D eigenvalue weighted by Gasteiger charge is 2.29. The van der Waals surface area contributed by atoms with E-state index in [2.05, 4.69) is 14.5 Å². The average molecular weight is 177 g/mol. The number of rotatable bonds is 5. The van der Waals surface area contributed by atoms with Crippen molar-refractivity contribution in [3.63, 3.8) is 0 Å². The Morgan fingerprint density at radius 2 is 2.27 bits per heavy atom. The molecule has 0 aliphatic rings. The number of azide groups is 1. The van der Waals surface area contributed by atoms with E-state index in [-0.39, 0.29) is 12.6 Å². The van der Waals surface area contributed by atoms with Gasteiger partial charge in [-0.2, -0.15) is 0 Å². The molecule has 0 amide bonds. The Morgan fingerprint density at radius 1 is 1.64 bits per heavy atom. The van der Waals surface area contributed by atoms with Gasteiger partial charge in [-0.05, 0) is 12.0 Å². The fourth-order valence-electron chi connectivity index (χ4n) is 0.527. The first-order valence-electron chi connectivity index (χ1n) is 3.13. The summed E-state index contributed by atoms with van der Waals surface area (Å²) in [6, 6.07) is 0.169. The van der Waals surface area contributed by atoms with Crippen molar-refractivity contribution >= 4 is 8.80 Å². The fraction of sp³-hybridized carbons (Fsp3) is 1.00. The molecular weight excluding hydrogens is 166 g/mol. The van der Waals surface area contributed by atoms with E-state index in [9.17, 15) is 0 Å². The van der Waals surface area contributed by atoms with Crippen molar-refractivity contribution in [1.82, 2.24) is 0 Å². The molecule has 64 valence electrons. The summed E-state index contributed by atoms with van der Waals surface area (Å²) in [5, 5.41) is 3.23. The number of nitrogens with zero attached hydrogens (tertiary/aromatic N) is 3. The molecule has 0 aliphatic heterocycles. The molecule has 0 saturated heterocycles. The van der Waals surface area contributed by atoms with Crippen molar-refractivity contribution in [3.8, 4) is 0 Å². The van der Waals surface area contributed by atoms with Crippen LogP contribution in [0.25, 0.3) is 10.4 Å². The lowest BCUT2D eigenvalue weighted by Crippen LogP contribution is -2.37. The summed E-state index contributed by atoms with van der Waals surface area (Å²) in [4.78, 5) is 20.4. The molecule has 0 aromatic heterocycles. The van der Waals surface area contributed by atoms with E-state index in [1.165, 1.54) is 7.11 Å². The van der Waals surface area contributed by atoms with E-state index in [0.29, 0.717) is 6.42 Å². The van der Waals surface area contributed by atoms with Crippen LogP contribution in [0.15, 0.2) is 5.11 Å². The van der Waals surface area contributed by atoms with Crippen LogP contribution in [0.1, 0.15) is 6.42 Å². The highest BCUT2D eigenvalue weighted by Crippen LogP contribution is 2.05. The first-order chi connectivity index (χ1) is 5.12. The van der Waals surface area contributed by atoms with Crippen LogP contribution in [-0.2, 0) is 4.43 Å². The largest absolute Gasteiger partial charge is 0.495 e. The molecule has 0 fully saturated rings. The number of hydrogen-bond acceptors (Lipinski definition) is 4. The first kappa shape index (κ1) is 10.4. The Labute approximate surface area is 65.4 Å². The van der Waals surface area contributed by atoms with Gasteiger partial charge in [0.25, 0.3) is 0 Å². The molecule has 0 rings (SSSR count). The molecule has 7 heteroatoms. The zero-order valence-corrected chi connectivity index (χ0v) is 7.27. The predicted octanol–water partition coefficient (Wildman–Crippen LogP) is 0.257. The summed E-state index contributed by atoms with van der Waals surface area (Å²) in [5.41, 5.74) is 7.87. The van der Waals surface area contributed by atoms with Crippen LogP contribution in [-0.4, -0.2) is 32.1 Å². The SMILES string of the molecule is CO[Si](O)(O)CCCN=[N+]=[N-]. The maximum absolute atomic E-state index is 8.96. The summed E-state index contributed by atoms with van der Waals surface area (Å²) in [5.74, 6) is 0. The minimum Gasteiger partial charge on any atom is -0.390 e. The van der Waals surface area contributed by atoms with E-state index in [4.69, 9.17) is 15.1 Å². The van der Waals surface area contributed by atoms with E-state index in [1.54, 1.807) is 0 Å². The first-order valence-corrected chi connectivity index (χ1v) is 5.14. The molecule has 0 spiro atoms. The van der Waals surface area contributed by atoms with E-state index in [0.717, 1.165) is 0 Å². The molecule has 0 aromatic rings. The molecular formula is C4H11N3O3Si. The third-order valence-electron chi connectivity index (χ3n) is 1.15. The Balaban J connectivity index is 3.45. The van der Waals surface area contributed by atoms with Crippen LogP contribution in [0.5, 0.6) is 0 Å². The molecule has 11 heavy (non-hydrogen) atoms. The molecule has 0 heterocycles. The summed E-state index contributed by atoms with van der Waals surface area (Å²) in [6.45, 7) is 0.274. The van der Waals surface area contributed by atoms with Gasteiger partial charge >= 0.3 is 8.80 Å². The van der Waals surface area contributed by atoms with Crippen molar-refractivity contribution in [2.24, 2.45) is 5.11 Å². The maximum atomic E-state index is 8.96. The third kappa shape index (κ3) is 5.83. The second-order valence-electron chi connectivity index (χ2n) is 2.01. The summed E-state index contributed by atoms with van der Waals surface area (Å²) in [7, 11) is -2.16. The minimum absolute atomic E-state index is 0.169. The average Bonchev–Trinajstić information content (AvgIpc) is 1.99. The van der Waals surface area contributed by atoms with Crippen LogP contribution < -0.4 is 0 Å². The minimum atomic E-state index is -3.41. The van der Waals surface area contributed by atoms with Crippen molar-refractivity contribution in [2.75, 3.05) is 13.7 Å². The molecule has 0 saturated carbocycles. The quantitative estimate of drug-likeness (QED) is 0.207.